The normalized spacial score (nSPS) is 23.3. The van der Waals surface area contributed by atoms with E-state index in [4.69, 9.17) is 9.47 Å². The van der Waals surface area contributed by atoms with Crippen LogP contribution in [0.15, 0.2) is 53.4 Å². The number of hydrogen-bond acceptors (Lipinski definition) is 9. The minimum absolute atomic E-state index is 0.133. The maximum absolute atomic E-state index is 14.3. The topological polar surface area (TPSA) is 141 Å². The number of benzene rings is 1. The third kappa shape index (κ3) is 5.99. The number of likely N-dealkylation sites (tertiary alicyclic amines) is 1. The second-order valence-corrected chi connectivity index (χ2v) is 13.3. The molecule has 1 aliphatic carbocycles. The van der Waals surface area contributed by atoms with Gasteiger partial charge in [-0.1, -0.05) is 18.2 Å². The SMILES string of the molecule is CC(=O)c1nn(CC(=O)N2[C@H]3C[C@@]4(COC/C=C/COCc5ccc(Br)nc5NC3=O)C[C@@H]24)c2c(C)cc(-c3cnc(C)nc3)cc12. The van der Waals surface area contributed by atoms with Crippen molar-refractivity contribution in [2.75, 3.05) is 25.1 Å². The molecule has 3 aromatic heterocycles. The summed E-state index contributed by atoms with van der Waals surface area (Å²) in [5, 5.41) is 8.27. The zero-order valence-electron chi connectivity index (χ0n) is 26.3. The zero-order valence-corrected chi connectivity index (χ0v) is 27.9. The van der Waals surface area contributed by atoms with Crippen molar-refractivity contribution in [3.05, 3.63) is 76.1 Å². The molecule has 2 fully saturated rings. The van der Waals surface area contributed by atoms with Crippen LogP contribution in [0.3, 0.4) is 0 Å². The lowest BCUT2D eigenvalue weighted by atomic mass is 10.00. The number of piperidine rings is 1. The molecule has 7 rings (SSSR count). The van der Waals surface area contributed by atoms with Crippen LogP contribution >= 0.6 is 15.9 Å². The molecular weight excluding hydrogens is 666 g/mol. The molecular formula is C34H34BrN7O5. The monoisotopic (exact) mass is 699 g/mol. The van der Waals surface area contributed by atoms with Gasteiger partial charge in [0.15, 0.2) is 5.78 Å². The van der Waals surface area contributed by atoms with Crippen molar-refractivity contribution in [1.82, 2.24) is 29.6 Å². The van der Waals surface area contributed by atoms with E-state index in [0.717, 1.165) is 28.7 Å². The maximum Gasteiger partial charge on any atom is 0.248 e. The third-order valence-corrected chi connectivity index (χ3v) is 9.65. The number of rotatable bonds is 4. The highest BCUT2D eigenvalue weighted by molar-refractivity contribution is 9.10. The Balaban J connectivity index is 1.22. The maximum atomic E-state index is 14.3. The van der Waals surface area contributed by atoms with E-state index in [0.29, 0.717) is 53.4 Å². The third-order valence-electron chi connectivity index (χ3n) is 9.20. The van der Waals surface area contributed by atoms with E-state index < -0.39 is 6.04 Å². The molecule has 1 saturated carbocycles. The molecule has 47 heavy (non-hydrogen) atoms. The number of carbonyl (C=O) groups is 3. The molecule has 3 atom stereocenters. The quantitative estimate of drug-likeness (QED) is 0.184. The summed E-state index contributed by atoms with van der Waals surface area (Å²) in [5.41, 5.74) is 3.89. The first-order valence-electron chi connectivity index (χ1n) is 15.5. The van der Waals surface area contributed by atoms with Gasteiger partial charge < -0.3 is 19.7 Å². The van der Waals surface area contributed by atoms with Gasteiger partial charge in [-0.05, 0) is 71.9 Å². The first-order valence-corrected chi connectivity index (χ1v) is 16.3. The number of carbonyl (C=O) groups excluding carboxylic acids is 3. The number of pyridine rings is 1. The van der Waals surface area contributed by atoms with Gasteiger partial charge in [-0.25, -0.2) is 15.0 Å². The fourth-order valence-electron chi connectivity index (χ4n) is 6.83. The summed E-state index contributed by atoms with van der Waals surface area (Å²) in [6.45, 7) is 6.58. The smallest absolute Gasteiger partial charge is 0.248 e. The van der Waals surface area contributed by atoms with Gasteiger partial charge in [-0.2, -0.15) is 5.10 Å². The van der Waals surface area contributed by atoms with Crippen molar-refractivity contribution in [3.63, 3.8) is 0 Å². The Morgan fingerprint density at radius 2 is 1.83 bits per heavy atom. The highest BCUT2D eigenvalue weighted by Crippen LogP contribution is 2.60. The van der Waals surface area contributed by atoms with Crippen LogP contribution in [0.5, 0.6) is 0 Å². The molecule has 2 amide bonds. The van der Waals surface area contributed by atoms with Crippen LogP contribution in [0.2, 0.25) is 0 Å². The Morgan fingerprint density at radius 1 is 1.06 bits per heavy atom. The van der Waals surface area contributed by atoms with Gasteiger partial charge in [0, 0.05) is 47.3 Å². The summed E-state index contributed by atoms with van der Waals surface area (Å²) in [5.74, 6) is 0.266. The summed E-state index contributed by atoms with van der Waals surface area (Å²) in [4.78, 5) is 55.8. The van der Waals surface area contributed by atoms with Gasteiger partial charge in [0.2, 0.25) is 11.8 Å². The van der Waals surface area contributed by atoms with Crippen molar-refractivity contribution in [1.29, 1.82) is 0 Å². The first kappa shape index (κ1) is 31.3. The van der Waals surface area contributed by atoms with Gasteiger partial charge in [0.25, 0.3) is 0 Å². The zero-order chi connectivity index (χ0) is 32.9. The van der Waals surface area contributed by atoms with E-state index in [1.807, 2.05) is 44.2 Å². The molecule has 13 heteroatoms. The number of fused-ring (bicyclic) bond motifs is 3. The highest BCUT2D eigenvalue weighted by Gasteiger charge is 2.67. The van der Waals surface area contributed by atoms with E-state index in [-0.39, 0.29) is 47.9 Å². The van der Waals surface area contributed by atoms with Crippen molar-refractivity contribution in [2.24, 2.45) is 5.41 Å². The van der Waals surface area contributed by atoms with Gasteiger partial charge in [-0.15, -0.1) is 0 Å². The molecule has 0 unspecified atom stereocenters. The number of hydrogen-bond donors (Lipinski definition) is 1. The number of nitrogens with zero attached hydrogens (tertiary/aromatic N) is 6. The molecule has 1 aromatic carbocycles. The van der Waals surface area contributed by atoms with E-state index in [2.05, 4.69) is 41.3 Å². The predicted octanol–water partition coefficient (Wildman–Crippen LogP) is 4.57. The van der Waals surface area contributed by atoms with Gasteiger partial charge in [0.05, 0.1) is 31.9 Å². The number of Topliss-reactive ketones (excluding diaryl/α,β-unsaturated/α-hetero) is 1. The molecule has 12 nitrogen and oxygen atoms in total. The summed E-state index contributed by atoms with van der Waals surface area (Å²) in [7, 11) is 0. The first-order chi connectivity index (χ1) is 22.6. The lowest BCUT2D eigenvalue weighted by molar-refractivity contribution is -0.138. The molecule has 4 aromatic rings. The largest absolute Gasteiger partial charge is 0.377 e. The average Bonchev–Trinajstić information content (AvgIpc) is 3.43. The molecule has 2 aliphatic heterocycles. The fraction of sp³-hybridized carbons (Fsp3) is 0.382. The van der Waals surface area contributed by atoms with Gasteiger partial charge in [-0.3, -0.25) is 19.1 Å². The number of halogens is 1. The van der Waals surface area contributed by atoms with E-state index in [1.54, 1.807) is 28.0 Å². The van der Waals surface area contributed by atoms with Crippen LogP contribution in [-0.2, 0) is 32.2 Å². The van der Waals surface area contributed by atoms with Crippen LogP contribution in [-0.4, -0.2) is 79.1 Å². The molecule has 242 valence electrons. The van der Waals surface area contributed by atoms with E-state index in [1.165, 1.54) is 6.92 Å². The van der Waals surface area contributed by atoms with Crippen molar-refractivity contribution in [2.45, 2.75) is 58.8 Å². The molecule has 0 radical (unpaired) electrons. The molecule has 3 aliphatic rings. The lowest BCUT2D eigenvalue weighted by Crippen LogP contribution is -2.47. The molecule has 1 spiro atoms. The van der Waals surface area contributed by atoms with Gasteiger partial charge in [0.1, 0.15) is 34.5 Å². The van der Waals surface area contributed by atoms with Crippen LogP contribution in [0.4, 0.5) is 5.82 Å². The molecule has 1 N–H and O–H groups in total. The Bertz CT molecular complexity index is 1940. The second-order valence-electron chi connectivity index (χ2n) is 12.5. The average molecular weight is 701 g/mol. The number of aryl methyl sites for hydroxylation is 2. The number of anilines is 1. The summed E-state index contributed by atoms with van der Waals surface area (Å²) >= 11 is 3.40. The number of ketones is 1. The van der Waals surface area contributed by atoms with E-state index >= 15 is 0 Å². The van der Waals surface area contributed by atoms with Crippen molar-refractivity contribution in [3.8, 4) is 11.1 Å². The summed E-state index contributed by atoms with van der Waals surface area (Å²) < 4.78 is 13.9. The van der Waals surface area contributed by atoms with Crippen LogP contribution < -0.4 is 5.32 Å². The predicted molar refractivity (Wildman–Crippen MR) is 177 cm³/mol. The number of amides is 2. The number of ether oxygens (including phenoxy) is 2. The highest BCUT2D eigenvalue weighted by atomic mass is 79.9. The van der Waals surface area contributed by atoms with E-state index in [9.17, 15) is 14.4 Å². The van der Waals surface area contributed by atoms with Crippen molar-refractivity contribution < 1.29 is 23.9 Å². The Kier molecular flexibility index (Phi) is 8.23. The second kappa shape index (κ2) is 12.4. The Hall–Kier alpha value is -4.33. The van der Waals surface area contributed by atoms with Crippen LogP contribution in [0.1, 0.15) is 47.2 Å². The number of aromatic nitrogens is 5. The van der Waals surface area contributed by atoms with Crippen LogP contribution in [0, 0.1) is 19.3 Å². The standard InChI is InChI=1S/C34H34BrN7O5/c1-19-10-23(24-14-36-21(3)37-15-24)11-25-30(20(2)43)40-41(31(19)25)16-29(44)42-26-12-34(13-27(34)42)18-47-9-5-4-8-46-17-22-6-7-28(35)38-32(22)39-33(26)45/h4-7,10-11,14-15,26-27H,8-9,12-13,16-18H2,1-3H3,(H,38,39,45)/b5-4+/t26-,27+,34-/m0/s1. The summed E-state index contributed by atoms with van der Waals surface area (Å²) in [6, 6.07) is 6.64. The fourth-order valence-corrected chi connectivity index (χ4v) is 7.14. The van der Waals surface area contributed by atoms with Crippen molar-refractivity contribution >= 4 is 50.2 Å². The van der Waals surface area contributed by atoms with Crippen LogP contribution in [0.25, 0.3) is 22.0 Å². The summed E-state index contributed by atoms with van der Waals surface area (Å²) in [6.07, 6.45) is 8.53. The lowest BCUT2D eigenvalue weighted by Gasteiger charge is -2.27. The Morgan fingerprint density at radius 3 is 2.60 bits per heavy atom. The molecule has 5 heterocycles. The Labute approximate surface area is 279 Å². The van der Waals surface area contributed by atoms with Gasteiger partial charge >= 0.3 is 0 Å². The minimum Gasteiger partial charge on any atom is -0.377 e. The number of nitrogens with one attached hydrogen (secondary N) is 1. The minimum atomic E-state index is -0.733. The molecule has 1 saturated heterocycles. The molecule has 2 bridgehead atoms.